The van der Waals surface area contributed by atoms with Gasteiger partial charge in [0.15, 0.2) is 6.10 Å². The first kappa shape index (κ1) is 16.4. The predicted octanol–water partition coefficient (Wildman–Crippen LogP) is 2.00. The molecule has 2 aliphatic rings. The number of nitrogens with zero attached hydrogens (tertiary/aromatic N) is 4. The highest BCUT2D eigenvalue weighted by Gasteiger charge is 2.33. The van der Waals surface area contributed by atoms with Crippen molar-refractivity contribution in [1.82, 2.24) is 9.88 Å². The number of hydrogen-bond donors (Lipinski definition) is 0. The SMILES string of the molecule is N#Cc1cccnc1N1CCCN(C(=O)[C@H]2Cc3ccccc3O2)CC1. The van der Waals surface area contributed by atoms with Crippen molar-refractivity contribution in [2.75, 3.05) is 31.1 Å². The molecule has 1 aromatic carbocycles. The number of hydrogen-bond acceptors (Lipinski definition) is 5. The van der Waals surface area contributed by atoms with E-state index in [9.17, 15) is 10.1 Å². The number of fused-ring (bicyclic) bond motifs is 1. The minimum absolute atomic E-state index is 0.0459. The van der Waals surface area contributed by atoms with E-state index in [1.54, 1.807) is 18.3 Å². The van der Waals surface area contributed by atoms with Crippen molar-refractivity contribution in [2.24, 2.45) is 0 Å². The lowest BCUT2D eigenvalue weighted by atomic mass is 10.1. The summed E-state index contributed by atoms with van der Waals surface area (Å²) in [7, 11) is 0. The van der Waals surface area contributed by atoms with Gasteiger partial charge in [0, 0.05) is 38.8 Å². The van der Waals surface area contributed by atoms with E-state index in [-0.39, 0.29) is 5.91 Å². The van der Waals surface area contributed by atoms with E-state index in [2.05, 4.69) is 16.0 Å². The topological polar surface area (TPSA) is 69.5 Å². The van der Waals surface area contributed by atoms with Gasteiger partial charge in [0.25, 0.3) is 5.91 Å². The van der Waals surface area contributed by atoms with Crippen LogP contribution in [0, 0.1) is 11.3 Å². The fourth-order valence-corrected chi connectivity index (χ4v) is 3.61. The largest absolute Gasteiger partial charge is 0.480 e. The molecule has 4 rings (SSSR count). The van der Waals surface area contributed by atoms with Gasteiger partial charge in [-0.15, -0.1) is 0 Å². The number of nitriles is 1. The number of carbonyl (C=O) groups excluding carboxylic acids is 1. The van der Waals surface area contributed by atoms with Gasteiger partial charge in [0.05, 0.1) is 5.56 Å². The summed E-state index contributed by atoms with van der Waals surface area (Å²) >= 11 is 0. The van der Waals surface area contributed by atoms with E-state index in [1.165, 1.54) is 0 Å². The highest BCUT2D eigenvalue weighted by Crippen LogP contribution is 2.29. The summed E-state index contributed by atoms with van der Waals surface area (Å²) < 4.78 is 5.85. The van der Waals surface area contributed by atoms with E-state index in [4.69, 9.17) is 4.74 Å². The Morgan fingerprint density at radius 2 is 2.04 bits per heavy atom. The van der Waals surface area contributed by atoms with Crippen molar-refractivity contribution in [2.45, 2.75) is 18.9 Å². The monoisotopic (exact) mass is 348 g/mol. The molecule has 2 aliphatic heterocycles. The van der Waals surface area contributed by atoms with Gasteiger partial charge in [-0.1, -0.05) is 18.2 Å². The second kappa shape index (κ2) is 7.04. The van der Waals surface area contributed by atoms with Crippen molar-refractivity contribution < 1.29 is 9.53 Å². The minimum atomic E-state index is -0.427. The van der Waals surface area contributed by atoms with Crippen molar-refractivity contribution in [1.29, 1.82) is 5.26 Å². The van der Waals surface area contributed by atoms with Crippen LogP contribution in [0.15, 0.2) is 42.6 Å². The molecule has 1 atom stereocenters. The summed E-state index contributed by atoms with van der Waals surface area (Å²) in [5, 5.41) is 9.29. The number of pyridine rings is 1. The fourth-order valence-electron chi connectivity index (χ4n) is 3.61. The predicted molar refractivity (Wildman–Crippen MR) is 96.9 cm³/mol. The standard InChI is InChI=1S/C20H20N4O2/c21-14-16-6-3-8-22-19(16)23-9-4-10-24(12-11-23)20(25)18-13-15-5-1-2-7-17(15)26-18/h1-3,5-8,18H,4,9-13H2/t18-/m1/s1. The van der Waals surface area contributed by atoms with Crippen LogP contribution in [0.4, 0.5) is 5.82 Å². The van der Waals surface area contributed by atoms with Crippen LogP contribution in [0.1, 0.15) is 17.5 Å². The number of rotatable bonds is 2. The molecule has 0 spiro atoms. The van der Waals surface area contributed by atoms with Gasteiger partial charge in [0.2, 0.25) is 0 Å². The van der Waals surface area contributed by atoms with E-state index in [0.29, 0.717) is 37.4 Å². The van der Waals surface area contributed by atoms with E-state index >= 15 is 0 Å². The molecule has 0 bridgehead atoms. The van der Waals surface area contributed by atoms with Crippen LogP contribution >= 0.6 is 0 Å². The maximum Gasteiger partial charge on any atom is 0.264 e. The molecule has 1 amide bonds. The molecule has 1 fully saturated rings. The summed E-state index contributed by atoms with van der Waals surface area (Å²) in [6, 6.07) is 13.6. The van der Waals surface area contributed by atoms with Crippen molar-refractivity contribution in [3.8, 4) is 11.8 Å². The normalized spacial score (nSPS) is 19.3. The molecule has 1 aromatic heterocycles. The molecule has 26 heavy (non-hydrogen) atoms. The van der Waals surface area contributed by atoms with Crippen LogP contribution in [0.5, 0.6) is 5.75 Å². The second-order valence-electron chi connectivity index (χ2n) is 6.57. The van der Waals surface area contributed by atoms with Gasteiger partial charge < -0.3 is 14.5 Å². The van der Waals surface area contributed by atoms with Gasteiger partial charge in [-0.3, -0.25) is 4.79 Å². The molecule has 0 N–H and O–H groups in total. The quantitative estimate of drug-likeness (QED) is 0.830. The fraction of sp³-hybridized carbons (Fsp3) is 0.350. The molecule has 2 aromatic rings. The zero-order chi connectivity index (χ0) is 17.9. The number of anilines is 1. The van der Waals surface area contributed by atoms with E-state index in [0.717, 1.165) is 24.3 Å². The Morgan fingerprint density at radius 3 is 2.88 bits per heavy atom. The summed E-state index contributed by atoms with van der Waals surface area (Å²) in [5.74, 6) is 1.56. The van der Waals surface area contributed by atoms with E-state index in [1.807, 2.05) is 29.2 Å². The molecule has 0 unspecified atom stereocenters. The first-order chi connectivity index (χ1) is 12.8. The Kier molecular flexibility index (Phi) is 4.44. The van der Waals surface area contributed by atoms with Crippen LogP contribution < -0.4 is 9.64 Å². The second-order valence-corrected chi connectivity index (χ2v) is 6.57. The van der Waals surface area contributed by atoms with Crippen LogP contribution in [-0.4, -0.2) is 48.1 Å². The molecule has 0 aliphatic carbocycles. The molecule has 6 nitrogen and oxygen atoms in total. The highest BCUT2D eigenvalue weighted by molar-refractivity contribution is 5.82. The zero-order valence-electron chi connectivity index (χ0n) is 14.5. The van der Waals surface area contributed by atoms with Gasteiger partial charge in [0.1, 0.15) is 17.6 Å². The van der Waals surface area contributed by atoms with E-state index < -0.39 is 6.10 Å². The Hall–Kier alpha value is -3.07. The van der Waals surface area contributed by atoms with Crippen molar-refractivity contribution in [3.63, 3.8) is 0 Å². The van der Waals surface area contributed by atoms with Crippen LogP contribution in [-0.2, 0) is 11.2 Å². The van der Waals surface area contributed by atoms with Gasteiger partial charge in [-0.2, -0.15) is 5.26 Å². The van der Waals surface area contributed by atoms with Gasteiger partial charge >= 0.3 is 0 Å². The molecule has 6 heteroatoms. The number of amides is 1. The Balaban J connectivity index is 1.43. The van der Waals surface area contributed by atoms with Crippen LogP contribution in [0.3, 0.4) is 0 Å². The molecular formula is C20H20N4O2. The van der Waals surface area contributed by atoms with Crippen molar-refractivity contribution >= 4 is 11.7 Å². The molecule has 0 radical (unpaired) electrons. The van der Waals surface area contributed by atoms with Gasteiger partial charge in [-0.25, -0.2) is 4.98 Å². The molecule has 1 saturated heterocycles. The lowest BCUT2D eigenvalue weighted by Gasteiger charge is -2.25. The number of para-hydroxylation sites is 1. The summed E-state index contributed by atoms with van der Waals surface area (Å²) in [6.07, 6.45) is 2.75. The summed E-state index contributed by atoms with van der Waals surface area (Å²) in [5.41, 5.74) is 1.66. The smallest absolute Gasteiger partial charge is 0.264 e. The number of ether oxygens (including phenoxy) is 1. The Morgan fingerprint density at radius 1 is 1.15 bits per heavy atom. The average molecular weight is 348 g/mol. The lowest BCUT2D eigenvalue weighted by molar-refractivity contribution is -0.137. The first-order valence-electron chi connectivity index (χ1n) is 8.89. The Labute approximate surface area is 152 Å². The third-order valence-corrected chi connectivity index (χ3v) is 4.94. The minimum Gasteiger partial charge on any atom is -0.480 e. The molecular weight excluding hydrogens is 328 g/mol. The molecule has 0 saturated carbocycles. The third-order valence-electron chi connectivity index (χ3n) is 4.94. The Bertz CT molecular complexity index is 836. The number of aromatic nitrogens is 1. The summed E-state index contributed by atoms with van der Waals surface area (Å²) in [4.78, 5) is 21.2. The maximum atomic E-state index is 12.9. The maximum absolute atomic E-state index is 12.9. The van der Waals surface area contributed by atoms with Crippen LogP contribution in [0.2, 0.25) is 0 Å². The van der Waals surface area contributed by atoms with Crippen LogP contribution in [0.25, 0.3) is 0 Å². The first-order valence-corrected chi connectivity index (χ1v) is 8.89. The van der Waals surface area contributed by atoms with Crippen molar-refractivity contribution in [3.05, 3.63) is 53.7 Å². The third kappa shape index (κ3) is 3.08. The average Bonchev–Trinajstić information content (AvgIpc) is 2.97. The zero-order valence-corrected chi connectivity index (χ0v) is 14.5. The number of benzene rings is 1. The lowest BCUT2D eigenvalue weighted by Crippen LogP contribution is -2.43. The molecule has 3 heterocycles. The highest BCUT2D eigenvalue weighted by atomic mass is 16.5. The number of carbonyl (C=O) groups is 1. The molecule has 132 valence electrons. The summed E-state index contributed by atoms with van der Waals surface area (Å²) in [6.45, 7) is 2.75. The van der Waals surface area contributed by atoms with Gasteiger partial charge in [-0.05, 0) is 30.2 Å².